The maximum atomic E-state index is 6.00. The Labute approximate surface area is 118 Å². The van der Waals surface area contributed by atoms with E-state index in [0.717, 1.165) is 24.5 Å². The van der Waals surface area contributed by atoms with E-state index in [2.05, 4.69) is 19.2 Å². The van der Waals surface area contributed by atoms with Crippen LogP contribution in [0.1, 0.15) is 65.2 Å². The summed E-state index contributed by atoms with van der Waals surface area (Å²) in [4.78, 5) is 0. The minimum absolute atomic E-state index is 0.512. The Hall–Kier alpha value is -0.0800. The molecule has 2 heteroatoms. The maximum absolute atomic E-state index is 6.00. The van der Waals surface area contributed by atoms with Gasteiger partial charge in [-0.05, 0) is 51.0 Å². The first-order chi connectivity index (χ1) is 9.26. The van der Waals surface area contributed by atoms with E-state index < -0.39 is 0 Å². The summed E-state index contributed by atoms with van der Waals surface area (Å²) < 4.78 is 6.00. The van der Waals surface area contributed by atoms with Gasteiger partial charge in [0.05, 0.1) is 6.10 Å². The van der Waals surface area contributed by atoms with E-state index in [4.69, 9.17) is 4.74 Å². The summed E-state index contributed by atoms with van der Waals surface area (Å²) in [7, 11) is 0. The molecule has 0 aromatic heterocycles. The number of hydrogen-bond donors (Lipinski definition) is 1. The fourth-order valence-corrected chi connectivity index (χ4v) is 4.99. The van der Waals surface area contributed by atoms with Crippen LogP contribution in [0.25, 0.3) is 0 Å². The van der Waals surface area contributed by atoms with Crippen molar-refractivity contribution >= 4 is 0 Å². The van der Waals surface area contributed by atoms with Crippen LogP contribution in [0.3, 0.4) is 0 Å². The van der Waals surface area contributed by atoms with Crippen LogP contribution in [0.5, 0.6) is 0 Å². The van der Waals surface area contributed by atoms with E-state index >= 15 is 0 Å². The molecule has 4 unspecified atom stereocenters. The zero-order valence-corrected chi connectivity index (χ0v) is 12.8. The summed E-state index contributed by atoms with van der Waals surface area (Å²) in [5.41, 5.74) is 0.512. The van der Waals surface area contributed by atoms with Gasteiger partial charge in [-0.15, -0.1) is 0 Å². The minimum atomic E-state index is 0.512. The van der Waals surface area contributed by atoms with Crippen molar-refractivity contribution in [2.75, 3.05) is 13.2 Å². The molecule has 0 aromatic rings. The Balaban J connectivity index is 1.53. The highest BCUT2D eigenvalue weighted by Gasteiger charge is 2.56. The molecule has 2 nitrogen and oxygen atoms in total. The van der Waals surface area contributed by atoms with Crippen molar-refractivity contribution in [1.29, 1.82) is 0 Å². The third-order valence-corrected chi connectivity index (χ3v) is 6.35. The predicted octanol–water partition coefficient (Wildman–Crippen LogP) is 3.75. The van der Waals surface area contributed by atoms with Gasteiger partial charge in [-0.3, -0.25) is 0 Å². The van der Waals surface area contributed by atoms with Crippen molar-refractivity contribution in [3.63, 3.8) is 0 Å². The molecule has 110 valence electrons. The van der Waals surface area contributed by atoms with Crippen LogP contribution in [-0.4, -0.2) is 25.3 Å². The minimum Gasteiger partial charge on any atom is -0.378 e. The van der Waals surface area contributed by atoms with Gasteiger partial charge in [-0.2, -0.15) is 0 Å². The molecule has 3 rings (SSSR count). The van der Waals surface area contributed by atoms with Gasteiger partial charge in [0.2, 0.25) is 0 Å². The van der Waals surface area contributed by atoms with Crippen molar-refractivity contribution in [3.8, 4) is 0 Å². The van der Waals surface area contributed by atoms with Crippen LogP contribution in [0.2, 0.25) is 0 Å². The average Bonchev–Trinajstić information content (AvgIpc) is 3.03. The van der Waals surface area contributed by atoms with Crippen molar-refractivity contribution < 1.29 is 4.74 Å². The fraction of sp³-hybridized carbons (Fsp3) is 1.00. The highest BCUT2D eigenvalue weighted by atomic mass is 16.5. The standard InChI is InChI=1S/C17H31NO/c1-3-19-16-11-15(17(16)9-4-5-10-17)18-12-14-8-6-7-13(14)2/h13-16,18H,3-12H2,1-2H3. The zero-order chi connectivity index (χ0) is 13.3. The van der Waals surface area contributed by atoms with Crippen LogP contribution >= 0.6 is 0 Å². The monoisotopic (exact) mass is 265 g/mol. The average molecular weight is 265 g/mol. The summed E-state index contributed by atoms with van der Waals surface area (Å²) in [6.45, 7) is 6.73. The van der Waals surface area contributed by atoms with E-state index in [9.17, 15) is 0 Å². The SMILES string of the molecule is CCOC1CC(NCC2CCCC2C)C12CCCC2. The molecule has 3 saturated carbocycles. The first-order valence-corrected chi connectivity index (χ1v) is 8.61. The third-order valence-electron chi connectivity index (χ3n) is 6.35. The van der Waals surface area contributed by atoms with Crippen LogP contribution in [0.15, 0.2) is 0 Å². The molecule has 0 saturated heterocycles. The smallest absolute Gasteiger partial charge is 0.0661 e. The zero-order valence-electron chi connectivity index (χ0n) is 12.8. The van der Waals surface area contributed by atoms with Gasteiger partial charge < -0.3 is 10.1 Å². The summed E-state index contributed by atoms with van der Waals surface area (Å²) in [5.74, 6) is 1.87. The van der Waals surface area contributed by atoms with Gasteiger partial charge in [0.1, 0.15) is 0 Å². The summed E-state index contributed by atoms with van der Waals surface area (Å²) in [5, 5.41) is 3.93. The van der Waals surface area contributed by atoms with Crippen LogP contribution in [0.4, 0.5) is 0 Å². The molecular formula is C17H31NO. The fourth-order valence-electron chi connectivity index (χ4n) is 4.99. The molecule has 0 radical (unpaired) electrons. The van der Waals surface area contributed by atoms with Gasteiger partial charge in [0, 0.05) is 18.1 Å². The lowest BCUT2D eigenvalue weighted by Gasteiger charge is -2.54. The van der Waals surface area contributed by atoms with Crippen molar-refractivity contribution in [3.05, 3.63) is 0 Å². The highest BCUT2D eigenvalue weighted by Crippen LogP contribution is 2.54. The molecule has 1 N–H and O–H groups in total. The lowest BCUT2D eigenvalue weighted by molar-refractivity contribution is -0.131. The van der Waals surface area contributed by atoms with E-state index in [-0.39, 0.29) is 0 Å². The first-order valence-electron chi connectivity index (χ1n) is 8.61. The van der Waals surface area contributed by atoms with Gasteiger partial charge in [0.15, 0.2) is 0 Å². The van der Waals surface area contributed by atoms with Gasteiger partial charge in [-0.25, -0.2) is 0 Å². The maximum Gasteiger partial charge on any atom is 0.0661 e. The molecule has 0 heterocycles. The van der Waals surface area contributed by atoms with Gasteiger partial charge in [0.25, 0.3) is 0 Å². The van der Waals surface area contributed by atoms with E-state index in [1.165, 1.54) is 57.9 Å². The Kier molecular flexibility index (Phi) is 4.19. The van der Waals surface area contributed by atoms with E-state index in [1.807, 2.05) is 0 Å². The summed E-state index contributed by atoms with van der Waals surface area (Å²) in [6, 6.07) is 0.749. The van der Waals surface area contributed by atoms with Crippen LogP contribution < -0.4 is 5.32 Å². The summed E-state index contributed by atoms with van der Waals surface area (Å²) >= 11 is 0. The molecular weight excluding hydrogens is 234 g/mol. The van der Waals surface area contributed by atoms with E-state index in [1.54, 1.807) is 0 Å². The van der Waals surface area contributed by atoms with Crippen molar-refractivity contribution in [2.24, 2.45) is 17.3 Å². The number of hydrogen-bond acceptors (Lipinski definition) is 2. The molecule has 0 amide bonds. The molecule has 0 bridgehead atoms. The second-order valence-corrected chi connectivity index (χ2v) is 7.25. The first kappa shape index (κ1) is 13.9. The molecule has 0 aromatic carbocycles. The van der Waals surface area contributed by atoms with Crippen molar-refractivity contribution in [2.45, 2.75) is 77.4 Å². The highest BCUT2D eigenvalue weighted by molar-refractivity contribution is 5.10. The third kappa shape index (κ3) is 2.47. The predicted molar refractivity (Wildman–Crippen MR) is 79.2 cm³/mol. The normalized spacial score (nSPS) is 40.7. The number of rotatable bonds is 5. The lowest BCUT2D eigenvalue weighted by atomic mass is 9.60. The molecule has 1 spiro atoms. The lowest BCUT2D eigenvalue weighted by Crippen LogP contribution is -2.63. The second-order valence-electron chi connectivity index (χ2n) is 7.25. The van der Waals surface area contributed by atoms with Crippen molar-refractivity contribution in [1.82, 2.24) is 5.32 Å². The largest absolute Gasteiger partial charge is 0.378 e. The quantitative estimate of drug-likeness (QED) is 0.817. The summed E-state index contributed by atoms with van der Waals surface area (Å²) in [6.07, 6.45) is 11.8. The molecule has 3 aliphatic rings. The van der Waals surface area contributed by atoms with Crippen LogP contribution in [-0.2, 0) is 4.74 Å². The molecule has 3 fully saturated rings. The molecule has 19 heavy (non-hydrogen) atoms. The Morgan fingerprint density at radius 2 is 1.95 bits per heavy atom. The van der Waals surface area contributed by atoms with Gasteiger partial charge >= 0.3 is 0 Å². The Bertz CT molecular complexity index is 298. The second kappa shape index (κ2) is 5.73. The molecule has 4 atom stereocenters. The Morgan fingerprint density at radius 1 is 1.16 bits per heavy atom. The number of ether oxygens (including phenoxy) is 1. The van der Waals surface area contributed by atoms with E-state index in [0.29, 0.717) is 11.5 Å². The number of nitrogens with one attached hydrogen (secondary N) is 1. The molecule has 3 aliphatic carbocycles. The topological polar surface area (TPSA) is 21.3 Å². The molecule has 0 aliphatic heterocycles. The Morgan fingerprint density at radius 3 is 2.58 bits per heavy atom. The van der Waals surface area contributed by atoms with Gasteiger partial charge in [-0.1, -0.05) is 32.6 Å². The van der Waals surface area contributed by atoms with Crippen LogP contribution in [0, 0.1) is 17.3 Å².